The zero-order valence-electron chi connectivity index (χ0n) is 11.9. The van der Waals surface area contributed by atoms with Gasteiger partial charge in [-0.1, -0.05) is 12.1 Å². The Labute approximate surface area is 116 Å². The third-order valence-corrected chi connectivity index (χ3v) is 3.68. The maximum atomic E-state index is 12.6. The molecule has 1 amide bonds. The second-order valence-corrected chi connectivity index (χ2v) is 4.96. The number of hydrogen-bond donors (Lipinski definition) is 0. The van der Waals surface area contributed by atoms with E-state index in [9.17, 15) is 4.79 Å². The van der Waals surface area contributed by atoms with Gasteiger partial charge in [0.2, 0.25) is 0 Å². The van der Waals surface area contributed by atoms with Crippen molar-refractivity contribution >= 4 is 5.91 Å². The van der Waals surface area contributed by atoms with Crippen LogP contribution in [0.2, 0.25) is 0 Å². The number of hydrogen-bond acceptors (Lipinski definition) is 5. The summed E-state index contributed by atoms with van der Waals surface area (Å²) in [5.74, 6) is 2.33. The van der Waals surface area contributed by atoms with E-state index in [-0.39, 0.29) is 5.91 Å². The fourth-order valence-corrected chi connectivity index (χ4v) is 2.60. The Morgan fingerprint density at radius 3 is 2.75 bits per heavy atom. The van der Waals surface area contributed by atoms with Gasteiger partial charge >= 0.3 is 0 Å². The van der Waals surface area contributed by atoms with Crippen LogP contribution in [0.3, 0.4) is 0 Å². The summed E-state index contributed by atoms with van der Waals surface area (Å²) >= 11 is 0. The lowest BCUT2D eigenvalue weighted by Crippen LogP contribution is -2.39. The van der Waals surface area contributed by atoms with E-state index < -0.39 is 0 Å². The number of aryl methyl sites for hydroxylation is 3. The Morgan fingerprint density at radius 2 is 2.10 bits per heavy atom. The molecule has 2 aromatic heterocycles. The Hall–Kier alpha value is -2.18. The summed E-state index contributed by atoms with van der Waals surface area (Å²) in [6.07, 6.45) is 0.852. The second-order valence-electron chi connectivity index (χ2n) is 4.96. The van der Waals surface area contributed by atoms with Crippen LogP contribution in [0.5, 0.6) is 0 Å². The molecule has 0 spiro atoms. The van der Waals surface area contributed by atoms with E-state index in [4.69, 9.17) is 4.52 Å². The van der Waals surface area contributed by atoms with Gasteiger partial charge in [0.15, 0.2) is 5.82 Å². The van der Waals surface area contributed by atoms with E-state index in [1.54, 1.807) is 18.7 Å². The highest BCUT2D eigenvalue weighted by molar-refractivity contribution is 5.96. The van der Waals surface area contributed by atoms with E-state index >= 15 is 0 Å². The van der Waals surface area contributed by atoms with Crippen LogP contribution in [0.4, 0.5) is 0 Å². The van der Waals surface area contributed by atoms with E-state index in [1.165, 1.54) is 0 Å². The Morgan fingerprint density at radius 1 is 1.30 bits per heavy atom. The molecule has 0 fully saturated rings. The van der Waals surface area contributed by atoms with Crippen molar-refractivity contribution in [2.45, 2.75) is 40.3 Å². The van der Waals surface area contributed by atoms with Crippen LogP contribution in [0, 0.1) is 13.8 Å². The van der Waals surface area contributed by atoms with Crippen LogP contribution >= 0.6 is 0 Å². The molecule has 1 aliphatic heterocycles. The Bertz CT molecular complexity index is 638. The zero-order chi connectivity index (χ0) is 14.3. The normalized spacial score (nSPS) is 14.4. The van der Waals surface area contributed by atoms with Gasteiger partial charge in [-0.2, -0.15) is 0 Å². The van der Waals surface area contributed by atoms with Crippen molar-refractivity contribution in [3.63, 3.8) is 0 Å². The number of nitrogens with zero attached hydrogens (tertiary/aromatic N) is 5. The number of rotatable bonds is 2. The molecule has 0 unspecified atom stereocenters. The molecule has 7 nitrogen and oxygen atoms in total. The number of aromatic nitrogens is 4. The third kappa shape index (κ3) is 1.90. The first-order chi connectivity index (χ1) is 9.61. The van der Waals surface area contributed by atoms with Crippen LogP contribution in [0.25, 0.3) is 0 Å². The molecule has 0 saturated carbocycles. The van der Waals surface area contributed by atoms with E-state index in [1.807, 2.05) is 0 Å². The fourth-order valence-electron chi connectivity index (χ4n) is 2.60. The van der Waals surface area contributed by atoms with Gasteiger partial charge in [0.25, 0.3) is 5.91 Å². The smallest absolute Gasteiger partial charge is 0.259 e. The zero-order valence-corrected chi connectivity index (χ0v) is 11.9. The van der Waals surface area contributed by atoms with Crippen molar-refractivity contribution < 1.29 is 9.32 Å². The standard InChI is InChI=1S/C13H17N5O2/c1-4-10-14-15-11-7-17(5-6-18(10)11)13(19)12-8(2)16-20-9(12)3/h4-7H2,1-3H3. The third-order valence-electron chi connectivity index (χ3n) is 3.68. The molecule has 20 heavy (non-hydrogen) atoms. The summed E-state index contributed by atoms with van der Waals surface area (Å²) in [6.45, 7) is 7.47. The molecular formula is C13H17N5O2. The van der Waals surface area contributed by atoms with Crippen LogP contribution < -0.4 is 0 Å². The molecule has 3 rings (SSSR count). The number of amides is 1. The predicted octanol–water partition coefficient (Wildman–Crippen LogP) is 1.10. The molecule has 0 N–H and O–H groups in total. The molecule has 106 valence electrons. The second kappa shape index (κ2) is 4.73. The summed E-state index contributed by atoms with van der Waals surface area (Å²) in [4.78, 5) is 14.3. The highest BCUT2D eigenvalue weighted by Gasteiger charge is 2.28. The van der Waals surface area contributed by atoms with Crippen molar-refractivity contribution in [2.24, 2.45) is 0 Å². The lowest BCUT2D eigenvalue weighted by Gasteiger charge is -2.27. The molecule has 2 aromatic rings. The average Bonchev–Trinajstić information content (AvgIpc) is 3.01. The van der Waals surface area contributed by atoms with Crippen LogP contribution in [-0.4, -0.2) is 37.3 Å². The monoisotopic (exact) mass is 275 g/mol. The first-order valence-electron chi connectivity index (χ1n) is 6.75. The quantitative estimate of drug-likeness (QED) is 0.820. The Balaban J connectivity index is 1.85. The molecule has 0 aliphatic carbocycles. The molecular weight excluding hydrogens is 258 g/mol. The first-order valence-corrected chi connectivity index (χ1v) is 6.75. The highest BCUT2D eigenvalue weighted by Crippen LogP contribution is 2.19. The lowest BCUT2D eigenvalue weighted by molar-refractivity contribution is 0.0704. The average molecular weight is 275 g/mol. The minimum atomic E-state index is -0.0476. The maximum absolute atomic E-state index is 12.6. The van der Waals surface area contributed by atoms with E-state index in [0.29, 0.717) is 30.1 Å². The SMILES string of the molecule is CCc1nnc2n1CCN(C(=O)c1c(C)noc1C)C2. The topological polar surface area (TPSA) is 77.1 Å². The van der Waals surface area contributed by atoms with Crippen molar-refractivity contribution in [1.29, 1.82) is 0 Å². The number of carbonyl (C=O) groups excluding carboxylic acids is 1. The van der Waals surface area contributed by atoms with Crippen LogP contribution in [0.1, 0.15) is 40.4 Å². The highest BCUT2D eigenvalue weighted by atomic mass is 16.5. The van der Waals surface area contributed by atoms with Crippen molar-refractivity contribution in [2.75, 3.05) is 6.54 Å². The van der Waals surface area contributed by atoms with Crippen molar-refractivity contribution in [3.8, 4) is 0 Å². The minimum Gasteiger partial charge on any atom is -0.361 e. The molecule has 0 bridgehead atoms. The molecule has 3 heterocycles. The summed E-state index contributed by atoms with van der Waals surface area (Å²) < 4.78 is 7.16. The molecule has 1 aliphatic rings. The molecule has 7 heteroatoms. The van der Waals surface area contributed by atoms with E-state index in [0.717, 1.165) is 24.6 Å². The number of fused-ring (bicyclic) bond motifs is 1. The summed E-state index contributed by atoms with van der Waals surface area (Å²) in [6, 6.07) is 0. The van der Waals surface area contributed by atoms with E-state index in [2.05, 4.69) is 26.8 Å². The molecule has 0 atom stereocenters. The van der Waals surface area contributed by atoms with Gasteiger partial charge in [-0.3, -0.25) is 4.79 Å². The summed E-state index contributed by atoms with van der Waals surface area (Å²) in [5.41, 5.74) is 1.20. The molecule has 0 aromatic carbocycles. The predicted molar refractivity (Wildman–Crippen MR) is 70.1 cm³/mol. The van der Waals surface area contributed by atoms with Gasteiger partial charge in [-0.25, -0.2) is 0 Å². The van der Waals surface area contributed by atoms with Crippen molar-refractivity contribution in [1.82, 2.24) is 24.8 Å². The van der Waals surface area contributed by atoms with Crippen LogP contribution in [0.15, 0.2) is 4.52 Å². The van der Waals surface area contributed by atoms with Gasteiger partial charge in [0.05, 0.1) is 12.2 Å². The maximum Gasteiger partial charge on any atom is 0.259 e. The van der Waals surface area contributed by atoms with Gasteiger partial charge in [0.1, 0.15) is 17.1 Å². The Kier molecular flexibility index (Phi) is 3.04. The van der Waals surface area contributed by atoms with Crippen LogP contribution in [-0.2, 0) is 19.5 Å². The van der Waals surface area contributed by atoms with Gasteiger partial charge < -0.3 is 14.0 Å². The van der Waals surface area contributed by atoms with Gasteiger partial charge in [0, 0.05) is 19.5 Å². The summed E-state index contributed by atoms with van der Waals surface area (Å²) in [5, 5.41) is 12.2. The van der Waals surface area contributed by atoms with Gasteiger partial charge in [-0.15, -0.1) is 10.2 Å². The largest absolute Gasteiger partial charge is 0.361 e. The number of carbonyl (C=O) groups is 1. The van der Waals surface area contributed by atoms with Crippen molar-refractivity contribution in [3.05, 3.63) is 28.7 Å². The lowest BCUT2D eigenvalue weighted by atomic mass is 10.1. The first kappa shape index (κ1) is 12.8. The fraction of sp³-hybridized carbons (Fsp3) is 0.538. The molecule has 0 saturated heterocycles. The molecule has 0 radical (unpaired) electrons. The van der Waals surface area contributed by atoms with Gasteiger partial charge in [-0.05, 0) is 13.8 Å². The minimum absolute atomic E-state index is 0.0476. The summed E-state index contributed by atoms with van der Waals surface area (Å²) in [7, 11) is 0.